The van der Waals surface area contributed by atoms with E-state index in [1.165, 1.54) is 6.07 Å². The first-order chi connectivity index (χ1) is 20.7. The second-order valence-electron chi connectivity index (χ2n) is 11.7. The van der Waals surface area contributed by atoms with Crippen LogP contribution in [0.4, 0.5) is 20.2 Å². The molecular formula is C33H35ClF2N6O. The van der Waals surface area contributed by atoms with E-state index >= 15 is 8.78 Å². The normalized spacial score (nSPS) is 20.8. The maximum Gasteiger partial charge on any atom is 0.275 e. The SMILES string of the molecule is CN1CCN(c2cncc(C#Cc3cc(C(=O)Nc4ccc5c(c4)C(F)(F)CC5N4CCN(C)CC4)ccc3Cl)c2)CC1. The quantitative estimate of drug-likeness (QED) is 0.427. The molecule has 3 heterocycles. The maximum atomic E-state index is 15.1. The van der Waals surface area contributed by atoms with Gasteiger partial charge in [0.15, 0.2) is 0 Å². The summed E-state index contributed by atoms with van der Waals surface area (Å²) in [5, 5.41) is 3.21. The lowest BCUT2D eigenvalue weighted by atomic mass is 10.0. The highest BCUT2D eigenvalue weighted by atomic mass is 35.5. The maximum absolute atomic E-state index is 15.1. The molecular weight excluding hydrogens is 570 g/mol. The molecule has 2 aromatic carbocycles. The average molecular weight is 605 g/mol. The van der Waals surface area contributed by atoms with Gasteiger partial charge in [-0.15, -0.1) is 0 Å². The Morgan fingerprint density at radius 3 is 2.40 bits per heavy atom. The summed E-state index contributed by atoms with van der Waals surface area (Å²) in [6, 6.07) is 11.4. The number of rotatable bonds is 4. The van der Waals surface area contributed by atoms with Crippen LogP contribution >= 0.6 is 11.6 Å². The minimum Gasteiger partial charge on any atom is -0.368 e. The van der Waals surface area contributed by atoms with Crippen molar-refractivity contribution in [2.75, 3.05) is 76.7 Å². The lowest BCUT2D eigenvalue weighted by Gasteiger charge is -2.36. The van der Waals surface area contributed by atoms with Crippen LogP contribution in [0.3, 0.4) is 0 Å². The molecule has 1 unspecified atom stereocenters. The summed E-state index contributed by atoms with van der Waals surface area (Å²) in [5.41, 5.74) is 3.56. The van der Waals surface area contributed by atoms with E-state index in [9.17, 15) is 4.79 Å². The zero-order valence-electron chi connectivity index (χ0n) is 24.4. The molecule has 3 aromatic rings. The molecule has 0 radical (unpaired) electrons. The van der Waals surface area contributed by atoms with Gasteiger partial charge in [-0.25, -0.2) is 8.78 Å². The molecule has 0 spiro atoms. The van der Waals surface area contributed by atoms with Crippen LogP contribution in [-0.4, -0.2) is 92.0 Å². The van der Waals surface area contributed by atoms with E-state index in [1.807, 2.05) is 19.3 Å². The number of likely N-dealkylation sites (N-methyl/N-ethyl adjacent to an activating group) is 2. The summed E-state index contributed by atoms with van der Waals surface area (Å²) in [7, 11) is 4.16. The molecule has 1 atom stereocenters. The van der Waals surface area contributed by atoms with E-state index in [0.717, 1.165) is 63.6 Å². The van der Waals surface area contributed by atoms with Gasteiger partial charge in [0.1, 0.15) is 0 Å². The van der Waals surface area contributed by atoms with Gasteiger partial charge in [-0.3, -0.25) is 14.7 Å². The highest BCUT2D eigenvalue weighted by Crippen LogP contribution is 2.50. The van der Waals surface area contributed by atoms with Crippen molar-refractivity contribution in [3.05, 3.63) is 87.7 Å². The first kappa shape index (κ1) is 29.5. The third kappa shape index (κ3) is 6.53. The Labute approximate surface area is 256 Å². The van der Waals surface area contributed by atoms with Gasteiger partial charge < -0.3 is 20.0 Å². The molecule has 1 aliphatic carbocycles. The highest BCUT2D eigenvalue weighted by Gasteiger charge is 2.47. The Bertz CT molecular complexity index is 1570. The highest BCUT2D eigenvalue weighted by molar-refractivity contribution is 6.32. The Morgan fingerprint density at radius 1 is 0.930 bits per heavy atom. The van der Waals surface area contributed by atoms with Crippen LogP contribution in [0.1, 0.15) is 45.1 Å². The van der Waals surface area contributed by atoms with Crippen molar-refractivity contribution in [3.8, 4) is 11.8 Å². The molecule has 10 heteroatoms. The third-order valence-corrected chi connectivity index (χ3v) is 8.98. The molecule has 3 aliphatic rings. The molecule has 2 aliphatic heterocycles. The predicted octanol–water partition coefficient (Wildman–Crippen LogP) is 4.92. The predicted molar refractivity (Wildman–Crippen MR) is 166 cm³/mol. The number of anilines is 2. The molecule has 6 rings (SSSR count). The number of hydrogen-bond acceptors (Lipinski definition) is 6. The summed E-state index contributed by atoms with van der Waals surface area (Å²) in [6.45, 7) is 7.08. The van der Waals surface area contributed by atoms with Gasteiger partial charge in [0, 0.05) is 99.0 Å². The van der Waals surface area contributed by atoms with Crippen molar-refractivity contribution in [2.24, 2.45) is 0 Å². The number of alkyl halides is 2. The second-order valence-corrected chi connectivity index (χ2v) is 12.1. The van der Waals surface area contributed by atoms with Gasteiger partial charge in [-0.2, -0.15) is 0 Å². The van der Waals surface area contributed by atoms with Crippen molar-refractivity contribution >= 4 is 28.9 Å². The van der Waals surface area contributed by atoms with Crippen molar-refractivity contribution in [2.45, 2.75) is 18.4 Å². The van der Waals surface area contributed by atoms with E-state index in [2.05, 4.69) is 48.8 Å². The lowest BCUT2D eigenvalue weighted by Crippen LogP contribution is -2.45. The number of halogens is 3. The molecule has 2 saturated heterocycles. The van der Waals surface area contributed by atoms with Gasteiger partial charge >= 0.3 is 0 Å². The number of piperazine rings is 2. The number of nitrogens with zero attached hydrogens (tertiary/aromatic N) is 5. The fraction of sp³-hybridized carbons (Fsp3) is 0.394. The zero-order chi connectivity index (χ0) is 30.1. The lowest BCUT2D eigenvalue weighted by molar-refractivity contribution is -0.0257. The number of fused-ring (bicyclic) bond motifs is 1. The first-order valence-corrected chi connectivity index (χ1v) is 15.0. The largest absolute Gasteiger partial charge is 0.368 e. The number of benzene rings is 2. The number of carbonyl (C=O) groups excluding carboxylic acids is 1. The summed E-state index contributed by atoms with van der Waals surface area (Å²) < 4.78 is 30.3. The molecule has 224 valence electrons. The standard InChI is InChI=1S/C33H35ClF2N6O/c1-39-9-13-41(14-10-39)27-17-23(21-37-22-27)3-4-24-18-25(5-8-30(24)34)32(43)38-26-6-7-28-29(19-26)33(35,36)20-31(28)42-15-11-40(2)12-16-42/h5-8,17-19,21-22,31H,9-16,20H2,1-2H3,(H,38,43). The summed E-state index contributed by atoms with van der Waals surface area (Å²) in [5.74, 6) is 2.82. The molecule has 43 heavy (non-hydrogen) atoms. The minimum atomic E-state index is -2.95. The molecule has 7 nitrogen and oxygen atoms in total. The van der Waals surface area contributed by atoms with Gasteiger partial charge in [0.05, 0.1) is 16.9 Å². The molecule has 0 saturated carbocycles. The number of pyridine rings is 1. The van der Waals surface area contributed by atoms with Crippen LogP contribution in [0, 0.1) is 11.8 Å². The fourth-order valence-electron chi connectivity index (χ4n) is 6.00. The van der Waals surface area contributed by atoms with Gasteiger partial charge in [0.25, 0.3) is 11.8 Å². The minimum absolute atomic E-state index is 0.00990. The van der Waals surface area contributed by atoms with E-state index < -0.39 is 11.8 Å². The van der Waals surface area contributed by atoms with Crippen molar-refractivity contribution in [1.29, 1.82) is 0 Å². The third-order valence-electron chi connectivity index (χ3n) is 8.65. The average Bonchev–Trinajstić information content (AvgIpc) is 3.27. The second kappa shape index (κ2) is 12.2. The van der Waals surface area contributed by atoms with E-state index in [0.29, 0.717) is 27.4 Å². The van der Waals surface area contributed by atoms with Crippen LogP contribution < -0.4 is 10.2 Å². The smallest absolute Gasteiger partial charge is 0.275 e. The van der Waals surface area contributed by atoms with Crippen LogP contribution in [0.5, 0.6) is 0 Å². The summed E-state index contributed by atoms with van der Waals surface area (Å²) >= 11 is 6.42. The molecule has 1 amide bonds. The molecule has 0 bridgehead atoms. The molecule has 1 N–H and O–H groups in total. The fourth-order valence-corrected chi connectivity index (χ4v) is 6.17. The van der Waals surface area contributed by atoms with E-state index in [4.69, 9.17) is 11.6 Å². The number of hydrogen-bond donors (Lipinski definition) is 1. The van der Waals surface area contributed by atoms with Crippen molar-refractivity contribution in [1.82, 2.24) is 19.7 Å². The molecule has 1 aromatic heterocycles. The Kier molecular flexibility index (Phi) is 8.38. The number of nitrogens with one attached hydrogen (secondary N) is 1. The van der Waals surface area contributed by atoms with Gasteiger partial charge in [-0.05, 0) is 56.1 Å². The zero-order valence-corrected chi connectivity index (χ0v) is 25.2. The topological polar surface area (TPSA) is 55.0 Å². The van der Waals surface area contributed by atoms with Gasteiger partial charge in [-0.1, -0.05) is 29.5 Å². The van der Waals surface area contributed by atoms with E-state index in [-0.39, 0.29) is 18.0 Å². The van der Waals surface area contributed by atoms with E-state index in [1.54, 1.807) is 36.5 Å². The first-order valence-electron chi connectivity index (χ1n) is 14.6. The van der Waals surface area contributed by atoms with Gasteiger partial charge in [0.2, 0.25) is 0 Å². The monoisotopic (exact) mass is 604 g/mol. The summed E-state index contributed by atoms with van der Waals surface area (Å²) in [4.78, 5) is 26.5. The van der Waals surface area contributed by atoms with Crippen LogP contribution in [-0.2, 0) is 5.92 Å². The number of aromatic nitrogens is 1. The van der Waals surface area contributed by atoms with Crippen molar-refractivity contribution in [3.63, 3.8) is 0 Å². The number of amides is 1. The van der Waals surface area contributed by atoms with Crippen LogP contribution in [0.25, 0.3) is 0 Å². The van der Waals surface area contributed by atoms with Crippen molar-refractivity contribution < 1.29 is 13.6 Å². The summed E-state index contributed by atoms with van der Waals surface area (Å²) in [6.07, 6.45) is 3.31. The van der Waals surface area contributed by atoms with Crippen LogP contribution in [0.15, 0.2) is 54.9 Å². The Balaban J connectivity index is 1.17. The van der Waals surface area contributed by atoms with Crippen LogP contribution in [0.2, 0.25) is 5.02 Å². The Morgan fingerprint density at radius 2 is 1.65 bits per heavy atom. The number of carbonyl (C=O) groups is 1. The Hall–Kier alpha value is -3.55. The molecule has 2 fully saturated rings.